The van der Waals surface area contributed by atoms with E-state index in [1.807, 2.05) is 0 Å². The zero-order valence-corrected chi connectivity index (χ0v) is 10.5. The van der Waals surface area contributed by atoms with Gasteiger partial charge in [-0.15, -0.1) is 6.42 Å². The second-order valence-corrected chi connectivity index (χ2v) is 4.26. The van der Waals surface area contributed by atoms with Crippen molar-refractivity contribution in [3.8, 4) is 18.1 Å². The van der Waals surface area contributed by atoms with E-state index in [2.05, 4.69) is 11.2 Å². The van der Waals surface area contributed by atoms with Crippen LogP contribution in [-0.2, 0) is 0 Å². The van der Waals surface area contributed by atoms with Crippen molar-refractivity contribution in [1.29, 1.82) is 0 Å². The summed E-state index contributed by atoms with van der Waals surface area (Å²) in [5.41, 5.74) is 0.425. The number of hydrogen-bond donors (Lipinski definition) is 1. The number of halogens is 1. The lowest BCUT2D eigenvalue weighted by molar-refractivity contribution is 0.222. The number of carbonyl (C=O) groups excluding carboxylic acids is 1. The Hall–Kier alpha value is -2.22. The Morgan fingerprint density at radius 2 is 2.21 bits per heavy atom. The molecule has 0 radical (unpaired) electrons. The minimum Gasteiger partial charge on any atom is -0.479 e. The quantitative estimate of drug-likeness (QED) is 0.850. The maximum absolute atomic E-state index is 13.2. The van der Waals surface area contributed by atoms with Crippen molar-refractivity contribution in [3.05, 3.63) is 24.0 Å². The lowest BCUT2D eigenvalue weighted by atomic mass is 10.3. The average molecular weight is 262 g/mol. The highest BCUT2D eigenvalue weighted by Gasteiger charge is 2.19. The number of carbonyl (C=O) groups is 1. The zero-order valence-electron chi connectivity index (χ0n) is 10.5. The summed E-state index contributed by atoms with van der Waals surface area (Å²) in [4.78, 5) is 13.7. The largest absolute Gasteiger partial charge is 0.479 e. The molecule has 2 rings (SSSR count). The molecule has 1 aromatic rings. The van der Waals surface area contributed by atoms with Crippen LogP contribution in [0.5, 0.6) is 5.75 Å². The number of terminal acetylenes is 1. The number of anilines is 1. The van der Waals surface area contributed by atoms with Gasteiger partial charge in [-0.3, -0.25) is 0 Å². The van der Waals surface area contributed by atoms with Gasteiger partial charge in [0.05, 0.1) is 5.69 Å². The Balaban J connectivity index is 2.10. The molecule has 0 saturated carbocycles. The molecular formula is C14H15FN2O2. The first-order chi connectivity index (χ1) is 9.20. The van der Waals surface area contributed by atoms with E-state index in [-0.39, 0.29) is 18.4 Å². The minimum atomic E-state index is -0.439. The summed E-state index contributed by atoms with van der Waals surface area (Å²) in [5, 5.41) is 2.72. The summed E-state index contributed by atoms with van der Waals surface area (Å²) in [7, 11) is 0. The van der Waals surface area contributed by atoms with E-state index in [4.69, 9.17) is 11.2 Å². The van der Waals surface area contributed by atoms with Gasteiger partial charge in [0, 0.05) is 19.2 Å². The molecule has 2 amide bonds. The predicted octanol–water partition coefficient (Wildman–Crippen LogP) is 2.47. The van der Waals surface area contributed by atoms with Gasteiger partial charge in [-0.2, -0.15) is 0 Å². The maximum Gasteiger partial charge on any atom is 0.321 e. The van der Waals surface area contributed by atoms with E-state index in [1.165, 1.54) is 18.2 Å². The predicted molar refractivity (Wildman–Crippen MR) is 70.6 cm³/mol. The molecule has 0 aromatic heterocycles. The summed E-state index contributed by atoms with van der Waals surface area (Å²) in [6.07, 6.45) is 7.12. The highest BCUT2D eigenvalue weighted by atomic mass is 19.1. The van der Waals surface area contributed by atoms with Crippen molar-refractivity contribution < 1.29 is 13.9 Å². The van der Waals surface area contributed by atoms with Crippen LogP contribution >= 0.6 is 0 Å². The fraction of sp³-hybridized carbons (Fsp3) is 0.357. The van der Waals surface area contributed by atoms with E-state index in [0.717, 1.165) is 25.9 Å². The van der Waals surface area contributed by atoms with Crippen LogP contribution in [0.2, 0.25) is 0 Å². The lowest BCUT2D eigenvalue weighted by Gasteiger charge is -2.17. The van der Waals surface area contributed by atoms with E-state index in [9.17, 15) is 9.18 Å². The molecule has 0 atom stereocenters. The van der Waals surface area contributed by atoms with Gasteiger partial charge in [0.1, 0.15) is 18.2 Å². The fourth-order valence-corrected chi connectivity index (χ4v) is 1.95. The molecule has 0 bridgehead atoms. The standard InChI is InChI=1S/C14H15FN2O2/c1-2-9-19-13-10-11(15)5-6-12(13)16-14(18)17-7-3-4-8-17/h1,5-6,10H,3-4,7-9H2,(H,16,18). The molecule has 4 nitrogen and oxygen atoms in total. The van der Waals surface area contributed by atoms with Gasteiger partial charge >= 0.3 is 6.03 Å². The molecule has 100 valence electrons. The molecule has 19 heavy (non-hydrogen) atoms. The Bertz CT molecular complexity index is 505. The van der Waals surface area contributed by atoms with Gasteiger partial charge in [0.15, 0.2) is 0 Å². The number of likely N-dealkylation sites (tertiary alicyclic amines) is 1. The fourth-order valence-electron chi connectivity index (χ4n) is 1.95. The van der Waals surface area contributed by atoms with E-state index in [1.54, 1.807) is 4.90 Å². The third-order valence-corrected chi connectivity index (χ3v) is 2.89. The number of ether oxygens (including phenoxy) is 1. The summed E-state index contributed by atoms with van der Waals surface area (Å²) >= 11 is 0. The third-order valence-electron chi connectivity index (χ3n) is 2.89. The zero-order chi connectivity index (χ0) is 13.7. The molecule has 0 unspecified atom stereocenters. The van der Waals surface area contributed by atoms with E-state index < -0.39 is 5.82 Å². The van der Waals surface area contributed by atoms with Crippen molar-refractivity contribution in [2.75, 3.05) is 25.0 Å². The van der Waals surface area contributed by atoms with Gasteiger partial charge in [-0.1, -0.05) is 5.92 Å². The van der Waals surface area contributed by atoms with Crippen molar-refractivity contribution in [2.45, 2.75) is 12.8 Å². The minimum absolute atomic E-state index is 0.0238. The van der Waals surface area contributed by atoms with Crippen LogP contribution < -0.4 is 10.1 Å². The number of amides is 2. The molecule has 1 fully saturated rings. The van der Waals surface area contributed by atoms with E-state index in [0.29, 0.717) is 5.69 Å². The van der Waals surface area contributed by atoms with Crippen LogP contribution in [0, 0.1) is 18.2 Å². The van der Waals surface area contributed by atoms with Gasteiger partial charge in [0.2, 0.25) is 0 Å². The molecule has 0 spiro atoms. The molecule has 1 aliphatic heterocycles. The first-order valence-electron chi connectivity index (χ1n) is 6.12. The van der Waals surface area contributed by atoms with E-state index >= 15 is 0 Å². The number of nitrogens with one attached hydrogen (secondary N) is 1. The summed E-state index contributed by atoms with van der Waals surface area (Å²) in [6, 6.07) is 3.74. The number of hydrogen-bond acceptors (Lipinski definition) is 2. The monoisotopic (exact) mass is 262 g/mol. The third kappa shape index (κ3) is 3.38. The SMILES string of the molecule is C#CCOc1cc(F)ccc1NC(=O)N1CCCC1. The van der Waals surface area contributed by atoms with Crippen LogP contribution in [0.3, 0.4) is 0 Å². The lowest BCUT2D eigenvalue weighted by Crippen LogP contribution is -2.32. The summed E-state index contributed by atoms with van der Waals surface area (Å²) in [6.45, 7) is 1.51. The molecule has 5 heteroatoms. The molecule has 0 aliphatic carbocycles. The first kappa shape index (κ1) is 13.2. The molecule has 1 N–H and O–H groups in total. The average Bonchev–Trinajstić information content (AvgIpc) is 2.93. The van der Waals surface area contributed by atoms with Crippen molar-refractivity contribution in [3.63, 3.8) is 0 Å². The normalized spacial score (nSPS) is 14.0. The smallest absolute Gasteiger partial charge is 0.321 e. The molecule has 1 aromatic carbocycles. The van der Waals surface area contributed by atoms with Crippen LogP contribution in [0.1, 0.15) is 12.8 Å². The second-order valence-electron chi connectivity index (χ2n) is 4.26. The molecule has 1 heterocycles. The molecule has 1 saturated heterocycles. The van der Waals surface area contributed by atoms with Crippen LogP contribution in [0.4, 0.5) is 14.9 Å². The summed E-state index contributed by atoms with van der Waals surface area (Å²) in [5.74, 6) is 2.11. The highest BCUT2D eigenvalue weighted by molar-refractivity contribution is 5.91. The van der Waals surface area contributed by atoms with Gasteiger partial charge in [-0.05, 0) is 25.0 Å². The van der Waals surface area contributed by atoms with Crippen molar-refractivity contribution >= 4 is 11.7 Å². The van der Waals surface area contributed by atoms with Crippen molar-refractivity contribution in [2.24, 2.45) is 0 Å². The summed E-state index contributed by atoms with van der Waals surface area (Å²) < 4.78 is 18.4. The number of benzene rings is 1. The number of rotatable bonds is 3. The Kier molecular flexibility index (Phi) is 4.24. The van der Waals surface area contributed by atoms with Gasteiger partial charge < -0.3 is 15.0 Å². The first-order valence-corrected chi connectivity index (χ1v) is 6.12. The van der Waals surface area contributed by atoms with Gasteiger partial charge in [-0.25, -0.2) is 9.18 Å². The van der Waals surface area contributed by atoms with Crippen LogP contribution in [0.25, 0.3) is 0 Å². The second kappa shape index (κ2) is 6.10. The maximum atomic E-state index is 13.2. The van der Waals surface area contributed by atoms with Crippen LogP contribution in [0.15, 0.2) is 18.2 Å². The topological polar surface area (TPSA) is 41.6 Å². The Morgan fingerprint density at radius 1 is 1.47 bits per heavy atom. The van der Waals surface area contributed by atoms with Crippen molar-refractivity contribution in [1.82, 2.24) is 4.90 Å². The Labute approximate surface area is 111 Å². The molecule has 1 aliphatic rings. The van der Waals surface area contributed by atoms with Gasteiger partial charge in [0.25, 0.3) is 0 Å². The molecular weight excluding hydrogens is 247 g/mol. The highest BCUT2D eigenvalue weighted by Crippen LogP contribution is 2.26. The number of nitrogens with zero attached hydrogens (tertiary/aromatic N) is 1. The number of urea groups is 1. The Morgan fingerprint density at radius 3 is 2.89 bits per heavy atom. The van der Waals surface area contributed by atoms with Crippen LogP contribution in [-0.4, -0.2) is 30.6 Å².